The summed E-state index contributed by atoms with van der Waals surface area (Å²) in [7, 11) is 3.43. The topological polar surface area (TPSA) is 30.5 Å². The van der Waals surface area contributed by atoms with E-state index in [1.807, 2.05) is 12.1 Å². The van der Waals surface area contributed by atoms with Crippen molar-refractivity contribution in [2.45, 2.75) is 12.5 Å². The van der Waals surface area contributed by atoms with Gasteiger partial charge in [-0.1, -0.05) is 30.3 Å². The van der Waals surface area contributed by atoms with Gasteiger partial charge in [0, 0.05) is 19.0 Å². The van der Waals surface area contributed by atoms with Gasteiger partial charge in [0.05, 0.1) is 14.2 Å². The molecule has 0 saturated carbocycles. The van der Waals surface area contributed by atoms with Crippen LogP contribution in [0.25, 0.3) is 10.8 Å². The average Bonchev–Trinajstić information content (AvgIpc) is 2.66. The fraction of sp³-hybridized carbons (Fsp3) is 0.238. The van der Waals surface area contributed by atoms with Crippen LogP contribution in [-0.2, 0) is 6.54 Å². The van der Waals surface area contributed by atoms with Crippen molar-refractivity contribution in [1.29, 1.82) is 0 Å². The molecule has 1 unspecified atom stereocenters. The zero-order chi connectivity index (χ0) is 16.5. The highest BCUT2D eigenvalue weighted by Crippen LogP contribution is 2.36. The summed E-state index contributed by atoms with van der Waals surface area (Å²) in [6, 6.07) is 19.2. The largest absolute Gasteiger partial charge is 0.497 e. The van der Waals surface area contributed by atoms with Gasteiger partial charge in [-0.25, -0.2) is 0 Å². The van der Waals surface area contributed by atoms with Gasteiger partial charge < -0.3 is 14.8 Å². The molecule has 0 spiro atoms. The van der Waals surface area contributed by atoms with Gasteiger partial charge in [0.15, 0.2) is 0 Å². The van der Waals surface area contributed by atoms with Gasteiger partial charge in [-0.2, -0.15) is 0 Å². The normalized spacial score (nSPS) is 16.7. The molecular formula is C21H21NO2. The zero-order valence-corrected chi connectivity index (χ0v) is 14.0. The third kappa shape index (κ3) is 2.51. The number of methoxy groups -OCH3 is 2. The Morgan fingerprint density at radius 1 is 0.875 bits per heavy atom. The van der Waals surface area contributed by atoms with Crippen LogP contribution in [0.2, 0.25) is 0 Å². The second-order valence-electron chi connectivity index (χ2n) is 6.18. The third-order valence-electron chi connectivity index (χ3n) is 4.89. The molecule has 0 amide bonds. The van der Waals surface area contributed by atoms with Crippen molar-refractivity contribution < 1.29 is 9.47 Å². The van der Waals surface area contributed by atoms with Gasteiger partial charge >= 0.3 is 0 Å². The van der Waals surface area contributed by atoms with E-state index in [0.717, 1.165) is 24.6 Å². The van der Waals surface area contributed by atoms with Crippen LogP contribution in [-0.4, -0.2) is 20.8 Å². The monoisotopic (exact) mass is 319 g/mol. The predicted molar refractivity (Wildman–Crippen MR) is 97.0 cm³/mol. The number of hydrogen-bond donors (Lipinski definition) is 1. The molecule has 1 aliphatic heterocycles. The highest BCUT2D eigenvalue weighted by Gasteiger charge is 2.23. The molecule has 3 heteroatoms. The van der Waals surface area contributed by atoms with Gasteiger partial charge in [0.1, 0.15) is 11.5 Å². The van der Waals surface area contributed by atoms with Crippen LogP contribution in [0, 0.1) is 0 Å². The maximum absolute atomic E-state index is 5.45. The maximum atomic E-state index is 5.45. The molecule has 3 aromatic carbocycles. The Kier molecular flexibility index (Phi) is 3.87. The van der Waals surface area contributed by atoms with Gasteiger partial charge in [0.25, 0.3) is 0 Å². The van der Waals surface area contributed by atoms with Crippen LogP contribution in [0.15, 0.2) is 54.6 Å². The van der Waals surface area contributed by atoms with Gasteiger partial charge in [0.2, 0.25) is 0 Å². The number of ether oxygens (including phenoxy) is 2. The van der Waals surface area contributed by atoms with E-state index < -0.39 is 0 Å². The van der Waals surface area contributed by atoms with Gasteiger partial charge in [-0.3, -0.25) is 0 Å². The Hall–Kier alpha value is -2.52. The summed E-state index contributed by atoms with van der Waals surface area (Å²) < 4.78 is 10.8. The highest BCUT2D eigenvalue weighted by molar-refractivity contribution is 5.88. The van der Waals surface area contributed by atoms with Crippen LogP contribution in [0.4, 0.5) is 0 Å². The predicted octanol–water partition coefficient (Wildman–Crippen LogP) is 4.09. The SMILES string of the molecule is COc1ccc2c(c1)C(c1cccc3cc(OC)ccc13)CNC2. The lowest BCUT2D eigenvalue weighted by atomic mass is 9.83. The highest BCUT2D eigenvalue weighted by atomic mass is 16.5. The van der Waals surface area contributed by atoms with Gasteiger partial charge in [-0.05, 0) is 51.7 Å². The minimum absolute atomic E-state index is 0.320. The number of nitrogens with one attached hydrogen (secondary N) is 1. The van der Waals surface area contributed by atoms with E-state index in [2.05, 4.69) is 47.8 Å². The van der Waals surface area contributed by atoms with Crippen molar-refractivity contribution in [1.82, 2.24) is 5.32 Å². The Balaban J connectivity index is 1.87. The molecule has 3 aromatic rings. The van der Waals surface area contributed by atoms with Crippen molar-refractivity contribution in [3.63, 3.8) is 0 Å². The van der Waals surface area contributed by atoms with E-state index in [1.165, 1.54) is 27.5 Å². The average molecular weight is 319 g/mol. The molecule has 1 heterocycles. The van der Waals surface area contributed by atoms with Crippen molar-refractivity contribution in [3.05, 3.63) is 71.3 Å². The van der Waals surface area contributed by atoms with Crippen molar-refractivity contribution >= 4 is 10.8 Å². The Morgan fingerprint density at radius 2 is 1.67 bits per heavy atom. The molecule has 0 fully saturated rings. The number of benzene rings is 3. The maximum Gasteiger partial charge on any atom is 0.119 e. The summed E-state index contributed by atoms with van der Waals surface area (Å²) >= 11 is 0. The summed E-state index contributed by atoms with van der Waals surface area (Å²) in [5.74, 6) is 2.13. The molecule has 0 bridgehead atoms. The fourth-order valence-corrected chi connectivity index (χ4v) is 3.64. The van der Waals surface area contributed by atoms with Crippen LogP contribution in [0.5, 0.6) is 11.5 Å². The van der Waals surface area contributed by atoms with E-state index in [0.29, 0.717) is 5.92 Å². The molecular weight excluding hydrogens is 298 g/mol. The molecule has 3 nitrogen and oxygen atoms in total. The summed E-state index contributed by atoms with van der Waals surface area (Å²) in [4.78, 5) is 0. The first kappa shape index (κ1) is 15.0. The molecule has 1 atom stereocenters. The van der Waals surface area contributed by atoms with E-state index in [4.69, 9.17) is 9.47 Å². The number of hydrogen-bond acceptors (Lipinski definition) is 3. The minimum atomic E-state index is 0.320. The van der Waals surface area contributed by atoms with E-state index in [9.17, 15) is 0 Å². The summed E-state index contributed by atoms with van der Waals surface area (Å²) in [6.45, 7) is 1.85. The Labute approximate surface area is 142 Å². The van der Waals surface area contributed by atoms with Crippen LogP contribution in [0.3, 0.4) is 0 Å². The first-order chi connectivity index (χ1) is 11.8. The summed E-state index contributed by atoms with van der Waals surface area (Å²) in [6.07, 6.45) is 0. The molecule has 0 aliphatic carbocycles. The smallest absolute Gasteiger partial charge is 0.119 e. The molecule has 122 valence electrons. The van der Waals surface area contributed by atoms with Crippen LogP contribution >= 0.6 is 0 Å². The molecule has 24 heavy (non-hydrogen) atoms. The van der Waals surface area contributed by atoms with Crippen LogP contribution in [0.1, 0.15) is 22.6 Å². The molecule has 4 rings (SSSR count). The molecule has 1 N–H and O–H groups in total. The second-order valence-corrected chi connectivity index (χ2v) is 6.18. The number of fused-ring (bicyclic) bond motifs is 2. The molecule has 0 aromatic heterocycles. The number of rotatable bonds is 3. The van der Waals surface area contributed by atoms with E-state index >= 15 is 0 Å². The van der Waals surface area contributed by atoms with E-state index in [1.54, 1.807) is 14.2 Å². The lowest BCUT2D eigenvalue weighted by Gasteiger charge is -2.28. The van der Waals surface area contributed by atoms with Crippen molar-refractivity contribution in [2.75, 3.05) is 20.8 Å². The van der Waals surface area contributed by atoms with E-state index in [-0.39, 0.29) is 0 Å². The lowest BCUT2D eigenvalue weighted by molar-refractivity contribution is 0.413. The summed E-state index contributed by atoms with van der Waals surface area (Å²) in [5, 5.41) is 6.04. The zero-order valence-electron chi connectivity index (χ0n) is 14.0. The molecule has 0 radical (unpaired) electrons. The first-order valence-corrected chi connectivity index (χ1v) is 8.24. The quantitative estimate of drug-likeness (QED) is 0.788. The van der Waals surface area contributed by atoms with Crippen molar-refractivity contribution in [2.24, 2.45) is 0 Å². The van der Waals surface area contributed by atoms with Crippen LogP contribution < -0.4 is 14.8 Å². The Bertz CT molecular complexity index is 888. The standard InChI is InChI=1S/C21H21NO2/c1-23-16-8-9-18-14(10-16)4-3-5-19(18)21-13-22-12-15-6-7-17(24-2)11-20(15)21/h3-11,21-22H,12-13H2,1-2H3. The van der Waals surface area contributed by atoms with Crippen molar-refractivity contribution in [3.8, 4) is 11.5 Å². The van der Waals surface area contributed by atoms with Gasteiger partial charge in [-0.15, -0.1) is 0 Å². The third-order valence-corrected chi connectivity index (χ3v) is 4.89. The molecule has 0 saturated heterocycles. The lowest BCUT2D eigenvalue weighted by Crippen LogP contribution is -2.28. The first-order valence-electron chi connectivity index (χ1n) is 8.24. The molecule has 1 aliphatic rings. The second kappa shape index (κ2) is 6.17. The fourth-order valence-electron chi connectivity index (χ4n) is 3.64. The minimum Gasteiger partial charge on any atom is -0.497 e. The summed E-state index contributed by atoms with van der Waals surface area (Å²) in [5.41, 5.74) is 4.05. The Morgan fingerprint density at radius 3 is 2.50 bits per heavy atom.